The van der Waals surface area contributed by atoms with Crippen molar-refractivity contribution in [2.75, 3.05) is 6.54 Å². The minimum atomic E-state index is -0.797. The smallest absolute Gasteiger partial charge is 0.303 e. The van der Waals surface area contributed by atoms with Gasteiger partial charge >= 0.3 is 5.97 Å². The van der Waals surface area contributed by atoms with Crippen molar-refractivity contribution in [2.24, 2.45) is 0 Å². The maximum Gasteiger partial charge on any atom is 0.303 e. The second-order valence-electron chi connectivity index (χ2n) is 4.08. The van der Waals surface area contributed by atoms with Gasteiger partial charge in [-0.05, 0) is 31.0 Å². The van der Waals surface area contributed by atoms with Crippen molar-refractivity contribution >= 4 is 35.1 Å². The number of nitrogens with one attached hydrogen (secondary N) is 1. The standard InChI is InChI=1S/C13H15Cl2NO3/c14-9-5-6-11(15)10(8-9)13(19)16-7-3-1-2-4-12(17)18/h5-6,8H,1-4,7H2,(H,16,19)(H,17,18). The molecule has 0 atom stereocenters. The first-order chi connectivity index (χ1) is 9.00. The van der Waals surface area contributed by atoms with E-state index in [0.29, 0.717) is 28.6 Å². The average Bonchev–Trinajstić information content (AvgIpc) is 2.36. The second-order valence-corrected chi connectivity index (χ2v) is 4.93. The van der Waals surface area contributed by atoms with E-state index in [2.05, 4.69) is 5.32 Å². The molecule has 104 valence electrons. The molecule has 1 aromatic rings. The zero-order chi connectivity index (χ0) is 14.3. The van der Waals surface area contributed by atoms with E-state index in [4.69, 9.17) is 28.3 Å². The molecule has 0 fully saturated rings. The lowest BCUT2D eigenvalue weighted by molar-refractivity contribution is -0.137. The number of amides is 1. The lowest BCUT2D eigenvalue weighted by atomic mass is 10.2. The van der Waals surface area contributed by atoms with E-state index < -0.39 is 5.97 Å². The highest BCUT2D eigenvalue weighted by Crippen LogP contribution is 2.20. The number of unbranched alkanes of at least 4 members (excludes halogenated alkanes) is 2. The van der Waals surface area contributed by atoms with Crippen LogP contribution in [0.3, 0.4) is 0 Å². The van der Waals surface area contributed by atoms with Crippen LogP contribution in [0.2, 0.25) is 10.0 Å². The molecule has 0 aliphatic rings. The van der Waals surface area contributed by atoms with Gasteiger partial charge in [0.2, 0.25) is 0 Å². The molecule has 0 aliphatic heterocycles. The minimum Gasteiger partial charge on any atom is -0.481 e. The van der Waals surface area contributed by atoms with Gasteiger partial charge in [-0.15, -0.1) is 0 Å². The normalized spacial score (nSPS) is 10.2. The quantitative estimate of drug-likeness (QED) is 0.759. The molecule has 6 heteroatoms. The minimum absolute atomic E-state index is 0.161. The largest absolute Gasteiger partial charge is 0.481 e. The SMILES string of the molecule is O=C(O)CCCCCNC(=O)c1cc(Cl)ccc1Cl. The van der Waals surface area contributed by atoms with E-state index in [-0.39, 0.29) is 12.3 Å². The molecule has 0 saturated heterocycles. The van der Waals surface area contributed by atoms with Gasteiger partial charge in [0.1, 0.15) is 0 Å². The van der Waals surface area contributed by atoms with E-state index in [1.54, 1.807) is 12.1 Å². The van der Waals surface area contributed by atoms with Gasteiger partial charge < -0.3 is 10.4 Å². The van der Waals surface area contributed by atoms with Crippen molar-refractivity contribution in [2.45, 2.75) is 25.7 Å². The highest BCUT2D eigenvalue weighted by molar-refractivity contribution is 6.35. The number of benzene rings is 1. The summed E-state index contributed by atoms with van der Waals surface area (Å²) >= 11 is 11.7. The van der Waals surface area contributed by atoms with E-state index in [1.165, 1.54) is 6.07 Å². The summed E-state index contributed by atoms with van der Waals surface area (Å²) in [6.07, 6.45) is 2.27. The van der Waals surface area contributed by atoms with E-state index in [0.717, 1.165) is 12.8 Å². The van der Waals surface area contributed by atoms with E-state index in [1.807, 2.05) is 0 Å². The van der Waals surface area contributed by atoms with Gasteiger partial charge in [-0.2, -0.15) is 0 Å². The number of rotatable bonds is 7. The molecule has 1 rings (SSSR count). The molecule has 19 heavy (non-hydrogen) atoms. The van der Waals surface area contributed by atoms with Gasteiger partial charge in [0.25, 0.3) is 5.91 Å². The van der Waals surface area contributed by atoms with Crippen molar-refractivity contribution in [1.29, 1.82) is 0 Å². The molecule has 0 radical (unpaired) electrons. The van der Waals surface area contributed by atoms with Gasteiger partial charge in [-0.1, -0.05) is 29.6 Å². The van der Waals surface area contributed by atoms with Gasteiger partial charge in [0, 0.05) is 18.0 Å². The summed E-state index contributed by atoms with van der Waals surface area (Å²) in [6, 6.07) is 4.71. The van der Waals surface area contributed by atoms with Crippen LogP contribution in [0.25, 0.3) is 0 Å². The molecule has 2 N–H and O–H groups in total. The Balaban J connectivity index is 2.31. The molecule has 1 amide bonds. The molecule has 1 aromatic carbocycles. The third-order valence-electron chi connectivity index (χ3n) is 2.53. The predicted octanol–water partition coefficient (Wildman–Crippen LogP) is 3.37. The van der Waals surface area contributed by atoms with Crippen LogP contribution >= 0.6 is 23.2 Å². The number of carbonyl (C=O) groups is 2. The summed E-state index contributed by atoms with van der Waals surface area (Å²) in [6.45, 7) is 0.487. The fourth-order valence-corrected chi connectivity index (χ4v) is 1.92. The summed E-state index contributed by atoms with van der Waals surface area (Å²) in [7, 11) is 0. The number of hydrogen-bond donors (Lipinski definition) is 2. The average molecular weight is 304 g/mol. The Morgan fingerprint density at radius 2 is 1.89 bits per heavy atom. The first kappa shape index (κ1) is 15.8. The van der Waals surface area contributed by atoms with Crippen LogP contribution in [-0.2, 0) is 4.79 Å². The number of halogens is 2. The van der Waals surface area contributed by atoms with Crippen LogP contribution in [0, 0.1) is 0 Å². The molecule has 0 saturated carbocycles. The molecule has 0 aliphatic carbocycles. The second kappa shape index (κ2) is 8.02. The molecule has 0 unspecified atom stereocenters. The zero-order valence-corrected chi connectivity index (χ0v) is 11.8. The number of carboxylic acids is 1. The van der Waals surface area contributed by atoms with Crippen molar-refractivity contribution in [3.05, 3.63) is 33.8 Å². The summed E-state index contributed by atoms with van der Waals surface area (Å²) in [5, 5.41) is 12.0. The van der Waals surface area contributed by atoms with E-state index >= 15 is 0 Å². The van der Waals surface area contributed by atoms with Gasteiger partial charge in [0.05, 0.1) is 10.6 Å². The van der Waals surface area contributed by atoms with Gasteiger partial charge in [0.15, 0.2) is 0 Å². The van der Waals surface area contributed by atoms with Gasteiger partial charge in [-0.3, -0.25) is 9.59 Å². The van der Waals surface area contributed by atoms with Crippen LogP contribution < -0.4 is 5.32 Å². The van der Waals surface area contributed by atoms with Crippen molar-refractivity contribution in [3.8, 4) is 0 Å². The maximum absolute atomic E-state index is 11.8. The van der Waals surface area contributed by atoms with Crippen LogP contribution in [0.4, 0.5) is 0 Å². The molecule has 0 bridgehead atoms. The summed E-state index contributed by atoms with van der Waals surface area (Å²) in [5.74, 6) is -1.07. The summed E-state index contributed by atoms with van der Waals surface area (Å²) < 4.78 is 0. The topological polar surface area (TPSA) is 66.4 Å². The highest BCUT2D eigenvalue weighted by atomic mass is 35.5. The Morgan fingerprint density at radius 3 is 2.58 bits per heavy atom. The molecule has 4 nitrogen and oxygen atoms in total. The van der Waals surface area contributed by atoms with Crippen LogP contribution in [0.1, 0.15) is 36.0 Å². The Hall–Kier alpha value is -1.26. The first-order valence-corrected chi connectivity index (χ1v) is 6.71. The van der Waals surface area contributed by atoms with Gasteiger partial charge in [-0.25, -0.2) is 0 Å². The zero-order valence-electron chi connectivity index (χ0n) is 10.3. The Labute approximate surface area is 121 Å². The summed E-state index contributed by atoms with van der Waals surface area (Å²) in [4.78, 5) is 22.1. The van der Waals surface area contributed by atoms with Crippen LogP contribution in [-0.4, -0.2) is 23.5 Å². The van der Waals surface area contributed by atoms with E-state index in [9.17, 15) is 9.59 Å². The van der Waals surface area contributed by atoms with Crippen LogP contribution in [0.15, 0.2) is 18.2 Å². The Bertz CT molecular complexity index is 463. The van der Waals surface area contributed by atoms with Crippen LogP contribution in [0.5, 0.6) is 0 Å². The molecule has 0 aromatic heterocycles. The number of carbonyl (C=O) groups excluding carboxylic acids is 1. The first-order valence-electron chi connectivity index (χ1n) is 5.95. The lowest BCUT2D eigenvalue weighted by Gasteiger charge is -2.07. The van der Waals surface area contributed by atoms with Crippen molar-refractivity contribution in [1.82, 2.24) is 5.32 Å². The maximum atomic E-state index is 11.8. The highest BCUT2D eigenvalue weighted by Gasteiger charge is 2.10. The predicted molar refractivity (Wildman–Crippen MR) is 74.9 cm³/mol. The summed E-state index contributed by atoms with van der Waals surface area (Å²) in [5.41, 5.74) is 0.347. The number of aliphatic carboxylic acids is 1. The third kappa shape index (κ3) is 5.94. The number of hydrogen-bond acceptors (Lipinski definition) is 2. The molecule has 0 heterocycles. The fourth-order valence-electron chi connectivity index (χ4n) is 1.55. The molecular formula is C13H15Cl2NO3. The number of carboxylic acid groups (broad SMARTS) is 1. The van der Waals surface area contributed by atoms with Crippen molar-refractivity contribution < 1.29 is 14.7 Å². The third-order valence-corrected chi connectivity index (χ3v) is 3.09. The molecular weight excluding hydrogens is 289 g/mol. The Kier molecular flexibility index (Phi) is 6.67. The Morgan fingerprint density at radius 1 is 1.16 bits per heavy atom. The monoisotopic (exact) mass is 303 g/mol. The molecule has 0 spiro atoms. The van der Waals surface area contributed by atoms with Crippen molar-refractivity contribution in [3.63, 3.8) is 0 Å². The lowest BCUT2D eigenvalue weighted by Crippen LogP contribution is -2.24. The fraction of sp³-hybridized carbons (Fsp3) is 0.385.